The molecule has 1 saturated carbocycles. The van der Waals surface area contributed by atoms with Crippen molar-refractivity contribution in [2.75, 3.05) is 18.5 Å². The molecule has 118 valence electrons. The summed E-state index contributed by atoms with van der Waals surface area (Å²) < 4.78 is 0. The van der Waals surface area contributed by atoms with Crippen molar-refractivity contribution >= 4 is 17.3 Å². The second-order valence-electron chi connectivity index (χ2n) is 6.49. The molecule has 3 heteroatoms. The molecule has 2 unspecified atom stereocenters. The van der Waals surface area contributed by atoms with Crippen LogP contribution in [0.3, 0.4) is 0 Å². The number of hydrogen-bond acceptors (Lipinski definition) is 2. The Morgan fingerprint density at radius 1 is 1.33 bits per heavy atom. The van der Waals surface area contributed by atoms with Crippen LogP contribution < -0.4 is 10.2 Å². The third kappa shape index (κ3) is 4.62. The first-order valence-electron chi connectivity index (χ1n) is 8.33. The number of halogens is 1. The monoisotopic (exact) mass is 308 g/mol. The summed E-state index contributed by atoms with van der Waals surface area (Å²) in [5.74, 6) is 0.840. The molecule has 0 saturated heterocycles. The minimum Gasteiger partial charge on any atom is -0.371 e. The SMILES string of the molecule is CCCNCc1ccc(Cl)cc1N(C)C1CCCC(C)C1. The van der Waals surface area contributed by atoms with E-state index in [1.54, 1.807) is 0 Å². The maximum Gasteiger partial charge on any atom is 0.0426 e. The Bertz CT molecular complexity index is 447. The van der Waals surface area contributed by atoms with Crippen LogP contribution in [0.2, 0.25) is 5.02 Å². The molecule has 0 bridgehead atoms. The van der Waals surface area contributed by atoms with Gasteiger partial charge in [0.15, 0.2) is 0 Å². The summed E-state index contributed by atoms with van der Waals surface area (Å²) in [7, 11) is 2.23. The Kier molecular flexibility index (Phi) is 6.38. The molecule has 2 rings (SSSR count). The van der Waals surface area contributed by atoms with E-state index in [1.165, 1.54) is 43.4 Å². The summed E-state index contributed by atoms with van der Waals surface area (Å²) in [6.07, 6.45) is 6.49. The molecule has 1 aromatic rings. The second kappa shape index (κ2) is 8.05. The third-order valence-electron chi connectivity index (χ3n) is 4.63. The molecule has 1 aliphatic carbocycles. The summed E-state index contributed by atoms with van der Waals surface area (Å²) in [5.41, 5.74) is 2.65. The molecule has 0 radical (unpaired) electrons. The van der Waals surface area contributed by atoms with Crippen molar-refractivity contribution in [3.63, 3.8) is 0 Å². The van der Waals surface area contributed by atoms with E-state index in [0.717, 1.165) is 24.0 Å². The van der Waals surface area contributed by atoms with Gasteiger partial charge in [-0.3, -0.25) is 0 Å². The van der Waals surface area contributed by atoms with Crippen molar-refractivity contribution < 1.29 is 0 Å². The quantitative estimate of drug-likeness (QED) is 0.755. The van der Waals surface area contributed by atoms with Crippen molar-refractivity contribution in [2.45, 2.75) is 58.5 Å². The van der Waals surface area contributed by atoms with E-state index in [4.69, 9.17) is 11.6 Å². The predicted molar refractivity (Wildman–Crippen MR) is 93.3 cm³/mol. The minimum atomic E-state index is 0.650. The van der Waals surface area contributed by atoms with Gasteiger partial charge in [0.25, 0.3) is 0 Å². The first-order valence-corrected chi connectivity index (χ1v) is 8.71. The fourth-order valence-corrected chi connectivity index (χ4v) is 3.53. The van der Waals surface area contributed by atoms with Gasteiger partial charge in [0.05, 0.1) is 0 Å². The molecule has 1 fully saturated rings. The Morgan fingerprint density at radius 2 is 2.14 bits per heavy atom. The lowest BCUT2D eigenvalue weighted by atomic mass is 9.86. The maximum absolute atomic E-state index is 6.24. The zero-order valence-electron chi connectivity index (χ0n) is 13.7. The number of hydrogen-bond donors (Lipinski definition) is 1. The first kappa shape index (κ1) is 16.6. The third-order valence-corrected chi connectivity index (χ3v) is 4.86. The van der Waals surface area contributed by atoms with Crippen LogP contribution in [-0.2, 0) is 6.54 Å². The van der Waals surface area contributed by atoms with E-state index in [2.05, 4.69) is 43.2 Å². The van der Waals surface area contributed by atoms with Crippen molar-refractivity contribution in [1.82, 2.24) is 5.32 Å². The van der Waals surface area contributed by atoms with E-state index >= 15 is 0 Å². The van der Waals surface area contributed by atoms with Crippen LogP contribution in [0.25, 0.3) is 0 Å². The Labute approximate surface area is 134 Å². The van der Waals surface area contributed by atoms with Gasteiger partial charge in [-0.1, -0.05) is 44.4 Å². The highest BCUT2D eigenvalue weighted by Crippen LogP contribution is 2.32. The topological polar surface area (TPSA) is 15.3 Å². The molecule has 0 heterocycles. The molecule has 0 aromatic heterocycles. The Hall–Kier alpha value is -0.730. The highest BCUT2D eigenvalue weighted by Gasteiger charge is 2.23. The molecule has 0 spiro atoms. The van der Waals surface area contributed by atoms with Gasteiger partial charge in [0.1, 0.15) is 0 Å². The number of benzene rings is 1. The Morgan fingerprint density at radius 3 is 2.86 bits per heavy atom. The van der Waals surface area contributed by atoms with E-state index in [1.807, 2.05) is 6.07 Å². The van der Waals surface area contributed by atoms with Crippen molar-refractivity contribution in [1.29, 1.82) is 0 Å². The highest BCUT2D eigenvalue weighted by atomic mass is 35.5. The number of nitrogens with zero attached hydrogens (tertiary/aromatic N) is 1. The van der Waals surface area contributed by atoms with Gasteiger partial charge in [0.2, 0.25) is 0 Å². The van der Waals surface area contributed by atoms with Gasteiger partial charge in [-0.15, -0.1) is 0 Å². The molecule has 2 atom stereocenters. The maximum atomic E-state index is 6.24. The fraction of sp³-hybridized carbons (Fsp3) is 0.667. The molecule has 1 aliphatic rings. The molecule has 0 aliphatic heterocycles. The largest absolute Gasteiger partial charge is 0.371 e. The summed E-state index contributed by atoms with van der Waals surface area (Å²) in [6.45, 7) is 6.56. The first-order chi connectivity index (χ1) is 10.1. The van der Waals surface area contributed by atoms with Crippen LogP contribution in [0.4, 0.5) is 5.69 Å². The lowest BCUT2D eigenvalue weighted by Crippen LogP contribution is -2.36. The van der Waals surface area contributed by atoms with Gasteiger partial charge in [-0.2, -0.15) is 0 Å². The van der Waals surface area contributed by atoms with Crippen LogP contribution in [-0.4, -0.2) is 19.6 Å². The molecule has 2 nitrogen and oxygen atoms in total. The Balaban J connectivity index is 2.13. The summed E-state index contributed by atoms with van der Waals surface area (Å²) in [5, 5.41) is 4.34. The van der Waals surface area contributed by atoms with Crippen LogP contribution in [0.1, 0.15) is 51.5 Å². The summed E-state index contributed by atoms with van der Waals surface area (Å²) >= 11 is 6.24. The lowest BCUT2D eigenvalue weighted by molar-refractivity contribution is 0.336. The normalized spacial score (nSPS) is 22.3. The molecular weight excluding hydrogens is 280 g/mol. The van der Waals surface area contributed by atoms with E-state index in [9.17, 15) is 0 Å². The standard InChI is InChI=1S/C18H29ClN2/c1-4-10-20-13-15-8-9-16(19)12-18(15)21(3)17-7-5-6-14(2)11-17/h8-9,12,14,17,20H,4-7,10-11,13H2,1-3H3. The average Bonchev–Trinajstić information content (AvgIpc) is 2.48. The van der Waals surface area contributed by atoms with Gasteiger partial charge in [-0.25, -0.2) is 0 Å². The van der Waals surface area contributed by atoms with Crippen molar-refractivity contribution in [2.24, 2.45) is 5.92 Å². The smallest absolute Gasteiger partial charge is 0.0426 e. The summed E-state index contributed by atoms with van der Waals surface area (Å²) in [6, 6.07) is 6.95. The number of nitrogens with one attached hydrogen (secondary N) is 1. The van der Waals surface area contributed by atoms with E-state index in [-0.39, 0.29) is 0 Å². The van der Waals surface area contributed by atoms with Gasteiger partial charge in [0, 0.05) is 30.3 Å². The highest BCUT2D eigenvalue weighted by molar-refractivity contribution is 6.30. The van der Waals surface area contributed by atoms with Gasteiger partial charge in [-0.05, 0) is 49.4 Å². The molecule has 0 amide bonds. The van der Waals surface area contributed by atoms with Gasteiger partial charge >= 0.3 is 0 Å². The van der Waals surface area contributed by atoms with Gasteiger partial charge < -0.3 is 10.2 Å². The molecule has 1 aromatic carbocycles. The number of anilines is 1. The molecule has 21 heavy (non-hydrogen) atoms. The zero-order chi connectivity index (χ0) is 15.2. The summed E-state index contributed by atoms with van der Waals surface area (Å²) in [4.78, 5) is 2.46. The van der Waals surface area contributed by atoms with Crippen LogP contribution in [0.15, 0.2) is 18.2 Å². The van der Waals surface area contributed by atoms with Crippen LogP contribution >= 0.6 is 11.6 Å². The molecule has 1 N–H and O–H groups in total. The fourth-order valence-electron chi connectivity index (χ4n) is 3.37. The average molecular weight is 309 g/mol. The van der Waals surface area contributed by atoms with E-state index < -0.39 is 0 Å². The minimum absolute atomic E-state index is 0.650. The van der Waals surface area contributed by atoms with Crippen LogP contribution in [0.5, 0.6) is 0 Å². The molecular formula is C18H29ClN2. The number of rotatable bonds is 6. The van der Waals surface area contributed by atoms with Crippen LogP contribution in [0, 0.1) is 5.92 Å². The van der Waals surface area contributed by atoms with Crippen molar-refractivity contribution in [3.8, 4) is 0 Å². The predicted octanol–water partition coefficient (Wildman–Crippen LogP) is 4.85. The lowest BCUT2D eigenvalue weighted by Gasteiger charge is -2.36. The van der Waals surface area contributed by atoms with Crippen molar-refractivity contribution in [3.05, 3.63) is 28.8 Å². The zero-order valence-corrected chi connectivity index (χ0v) is 14.4. The van der Waals surface area contributed by atoms with E-state index in [0.29, 0.717) is 6.04 Å². The second-order valence-corrected chi connectivity index (χ2v) is 6.92.